The monoisotopic (exact) mass is 184 g/mol. The Morgan fingerprint density at radius 1 is 0.846 bits per heavy atom. The van der Waals surface area contributed by atoms with Gasteiger partial charge in [0.25, 0.3) is 0 Å². The van der Waals surface area contributed by atoms with Gasteiger partial charge in [-0.2, -0.15) is 0 Å². The number of hydrogen-bond acceptors (Lipinski definition) is 2. The molecule has 1 aliphatic carbocycles. The van der Waals surface area contributed by atoms with Crippen LogP contribution in [0, 0.1) is 11.8 Å². The molecule has 13 heavy (non-hydrogen) atoms. The third-order valence-electron chi connectivity index (χ3n) is 3.37. The maximum atomic E-state index is 5.65. The molecule has 0 heterocycles. The minimum Gasteiger partial charge on any atom is -0.330 e. The first kappa shape index (κ1) is 11.0. The molecular weight excluding hydrogens is 160 g/mol. The Morgan fingerprint density at radius 2 is 1.46 bits per heavy atom. The van der Waals surface area contributed by atoms with Gasteiger partial charge in [0.1, 0.15) is 0 Å². The second kappa shape index (κ2) is 6.39. The van der Waals surface area contributed by atoms with Gasteiger partial charge < -0.3 is 11.5 Å². The minimum atomic E-state index is 0.825. The largest absolute Gasteiger partial charge is 0.330 e. The summed E-state index contributed by atoms with van der Waals surface area (Å²) in [7, 11) is 0. The van der Waals surface area contributed by atoms with Crippen molar-refractivity contribution in [2.75, 3.05) is 13.1 Å². The Bertz CT molecular complexity index is 115. The highest BCUT2D eigenvalue weighted by molar-refractivity contribution is 4.72. The Hall–Kier alpha value is -0.0800. The third-order valence-corrected chi connectivity index (χ3v) is 3.37. The number of unbranched alkanes of at least 4 members (excludes halogenated alkanes) is 1. The molecule has 1 aliphatic rings. The van der Waals surface area contributed by atoms with Crippen LogP contribution in [0.2, 0.25) is 0 Å². The van der Waals surface area contributed by atoms with Gasteiger partial charge in [-0.3, -0.25) is 0 Å². The molecule has 0 aromatic rings. The maximum absolute atomic E-state index is 5.65. The molecule has 0 spiro atoms. The Morgan fingerprint density at radius 3 is 2.00 bits per heavy atom. The van der Waals surface area contributed by atoms with Gasteiger partial charge in [-0.25, -0.2) is 0 Å². The average Bonchev–Trinajstić information content (AvgIpc) is 2.19. The van der Waals surface area contributed by atoms with Crippen molar-refractivity contribution < 1.29 is 0 Å². The van der Waals surface area contributed by atoms with Gasteiger partial charge in [-0.15, -0.1) is 0 Å². The van der Waals surface area contributed by atoms with E-state index < -0.39 is 0 Å². The molecule has 2 nitrogen and oxygen atoms in total. The average molecular weight is 184 g/mol. The van der Waals surface area contributed by atoms with E-state index in [1.165, 1.54) is 44.9 Å². The predicted octanol–water partition coefficient (Wildman–Crippen LogP) is 1.88. The first-order valence-corrected chi connectivity index (χ1v) is 5.77. The fourth-order valence-corrected chi connectivity index (χ4v) is 2.33. The molecule has 1 saturated carbocycles. The Labute approximate surface area is 82.1 Å². The summed E-state index contributed by atoms with van der Waals surface area (Å²) in [6.07, 6.45) is 9.48. The summed E-state index contributed by atoms with van der Waals surface area (Å²) in [4.78, 5) is 0. The van der Waals surface area contributed by atoms with Crippen molar-refractivity contribution in [1.82, 2.24) is 0 Å². The quantitative estimate of drug-likeness (QED) is 0.641. The number of nitrogens with two attached hydrogens (primary N) is 2. The van der Waals surface area contributed by atoms with Gasteiger partial charge in [-0.1, -0.05) is 25.7 Å². The molecule has 0 aromatic carbocycles. The zero-order chi connectivity index (χ0) is 9.52. The Kier molecular flexibility index (Phi) is 5.40. The molecule has 0 saturated heterocycles. The highest BCUT2D eigenvalue weighted by atomic mass is 14.5. The van der Waals surface area contributed by atoms with Crippen molar-refractivity contribution in [1.29, 1.82) is 0 Å². The highest BCUT2D eigenvalue weighted by Crippen LogP contribution is 2.31. The fraction of sp³-hybridized carbons (Fsp3) is 1.00. The van der Waals surface area contributed by atoms with Crippen LogP contribution < -0.4 is 11.5 Å². The van der Waals surface area contributed by atoms with E-state index in [-0.39, 0.29) is 0 Å². The van der Waals surface area contributed by atoms with E-state index in [1.54, 1.807) is 0 Å². The molecule has 78 valence electrons. The van der Waals surface area contributed by atoms with Crippen molar-refractivity contribution in [2.24, 2.45) is 23.3 Å². The van der Waals surface area contributed by atoms with Gasteiger partial charge >= 0.3 is 0 Å². The standard InChI is InChI=1S/C11H24N2/c12-8-2-1-3-10-4-6-11(9-13)7-5-10/h10-11H,1-9,12-13H2. The van der Waals surface area contributed by atoms with Crippen LogP contribution in [0.4, 0.5) is 0 Å². The fourth-order valence-electron chi connectivity index (χ4n) is 2.33. The van der Waals surface area contributed by atoms with E-state index in [0.717, 1.165) is 24.9 Å². The molecule has 1 fully saturated rings. The molecule has 0 aliphatic heterocycles. The lowest BCUT2D eigenvalue weighted by atomic mass is 9.80. The van der Waals surface area contributed by atoms with E-state index >= 15 is 0 Å². The minimum absolute atomic E-state index is 0.825. The van der Waals surface area contributed by atoms with Crippen molar-refractivity contribution in [3.63, 3.8) is 0 Å². The normalized spacial score (nSPS) is 29.1. The molecule has 0 amide bonds. The summed E-state index contributed by atoms with van der Waals surface area (Å²) in [5.74, 6) is 1.81. The van der Waals surface area contributed by atoms with E-state index in [9.17, 15) is 0 Å². The zero-order valence-electron chi connectivity index (χ0n) is 8.67. The third kappa shape index (κ3) is 4.10. The summed E-state index contributed by atoms with van der Waals surface area (Å²) in [6.45, 7) is 1.76. The van der Waals surface area contributed by atoms with Crippen LogP contribution in [0.3, 0.4) is 0 Å². The highest BCUT2D eigenvalue weighted by Gasteiger charge is 2.19. The van der Waals surface area contributed by atoms with Crippen LogP contribution in [0.5, 0.6) is 0 Å². The van der Waals surface area contributed by atoms with E-state index in [4.69, 9.17) is 11.5 Å². The zero-order valence-corrected chi connectivity index (χ0v) is 8.67. The van der Waals surface area contributed by atoms with Gasteiger partial charge in [0.2, 0.25) is 0 Å². The van der Waals surface area contributed by atoms with Crippen molar-refractivity contribution in [2.45, 2.75) is 44.9 Å². The Balaban J connectivity index is 2.03. The molecule has 1 rings (SSSR count). The maximum Gasteiger partial charge on any atom is -0.00489 e. The van der Waals surface area contributed by atoms with Crippen LogP contribution in [-0.4, -0.2) is 13.1 Å². The molecule has 0 radical (unpaired) electrons. The molecule has 2 heteroatoms. The van der Waals surface area contributed by atoms with Crippen LogP contribution in [0.1, 0.15) is 44.9 Å². The van der Waals surface area contributed by atoms with Crippen LogP contribution in [-0.2, 0) is 0 Å². The van der Waals surface area contributed by atoms with Gasteiger partial charge in [0, 0.05) is 0 Å². The van der Waals surface area contributed by atoms with E-state index in [1.807, 2.05) is 0 Å². The SMILES string of the molecule is NCCCCC1CCC(CN)CC1. The van der Waals surface area contributed by atoms with Crippen LogP contribution in [0.15, 0.2) is 0 Å². The second-order valence-electron chi connectivity index (χ2n) is 4.41. The molecule has 0 unspecified atom stereocenters. The lowest BCUT2D eigenvalue weighted by molar-refractivity contribution is 0.263. The predicted molar refractivity (Wildman–Crippen MR) is 57.4 cm³/mol. The summed E-state index contributed by atoms with van der Waals surface area (Å²) in [6, 6.07) is 0. The lowest BCUT2D eigenvalue weighted by Crippen LogP contribution is -2.21. The van der Waals surface area contributed by atoms with Crippen molar-refractivity contribution >= 4 is 0 Å². The van der Waals surface area contributed by atoms with E-state index in [0.29, 0.717) is 0 Å². The first-order valence-electron chi connectivity index (χ1n) is 5.77. The van der Waals surface area contributed by atoms with Gasteiger partial charge in [0.15, 0.2) is 0 Å². The summed E-state index contributed by atoms with van der Waals surface area (Å²) >= 11 is 0. The number of rotatable bonds is 5. The summed E-state index contributed by atoms with van der Waals surface area (Å²) in [5.41, 5.74) is 11.1. The van der Waals surface area contributed by atoms with Gasteiger partial charge in [-0.05, 0) is 44.2 Å². The molecule has 0 aromatic heterocycles. The molecule has 0 bridgehead atoms. The number of hydrogen-bond donors (Lipinski definition) is 2. The van der Waals surface area contributed by atoms with Gasteiger partial charge in [0.05, 0.1) is 0 Å². The summed E-state index contributed by atoms with van der Waals surface area (Å²) in [5, 5.41) is 0. The molecule has 4 N–H and O–H groups in total. The van der Waals surface area contributed by atoms with Crippen molar-refractivity contribution in [3.8, 4) is 0 Å². The topological polar surface area (TPSA) is 52.0 Å². The smallest absolute Gasteiger partial charge is 0.00489 e. The van der Waals surface area contributed by atoms with E-state index in [2.05, 4.69) is 0 Å². The molecular formula is C11H24N2. The first-order chi connectivity index (χ1) is 6.36. The molecule has 0 atom stereocenters. The van der Waals surface area contributed by atoms with Crippen LogP contribution in [0.25, 0.3) is 0 Å². The summed E-state index contributed by atoms with van der Waals surface area (Å²) < 4.78 is 0. The second-order valence-corrected chi connectivity index (χ2v) is 4.41. The van der Waals surface area contributed by atoms with Crippen LogP contribution >= 0.6 is 0 Å². The lowest BCUT2D eigenvalue weighted by Gasteiger charge is -2.27. The van der Waals surface area contributed by atoms with Crippen molar-refractivity contribution in [3.05, 3.63) is 0 Å².